The van der Waals surface area contributed by atoms with Gasteiger partial charge in [-0.3, -0.25) is 4.18 Å². The molecule has 0 aromatic rings. The molecule has 0 aromatic carbocycles. The van der Waals surface area contributed by atoms with E-state index in [2.05, 4.69) is 8.37 Å². The molecule has 0 unspecified atom stereocenters. The Balaban J connectivity index is 3.93. The van der Waals surface area contributed by atoms with Crippen molar-refractivity contribution in [3.8, 4) is 6.26 Å². The summed E-state index contributed by atoms with van der Waals surface area (Å²) in [7, 11) is -4.42. The molecule has 0 aliphatic rings. The molecule has 0 amide bonds. The molecule has 52 valence electrons. The highest BCUT2D eigenvalue weighted by Gasteiger charge is 2.10. The van der Waals surface area contributed by atoms with Crippen LogP contribution in [-0.4, -0.2) is 15.3 Å². The third kappa shape index (κ3) is 3.69. The van der Waals surface area contributed by atoms with Crippen molar-refractivity contribution in [2.75, 3.05) is 6.86 Å². The van der Waals surface area contributed by atoms with Crippen molar-refractivity contribution >= 4 is 10.4 Å². The van der Waals surface area contributed by atoms with Gasteiger partial charge in [0.2, 0.25) is 6.86 Å². The van der Waals surface area contributed by atoms with Crippen LogP contribution in [0.4, 0.5) is 4.39 Å². The zero-order valence-electron chi connectivity index (χ0n) is 4.07. The average molecular weight is 155 g/mol. The minimum atomic E-state index is -4.42. The summed E-state index contributed by atoms with van der Waals surface area (Å²) in [5.74, 6) is 0. The topological polar surface area (TPSA) is 76.4 Å². The molecular weight excluding hydrogens is 153 g/mol. The number of hydrogen-bond acceptors (Lipinski definition) is 5. The number of halogens is 1. The summed E-state index contributed by atoms with van der Waals surface area (Å²) in [6.07, 6.45) is 0.813. The summed E-state index contributed by atoms with van der Waals surface area (Å²) in [6, 6.07) is 0. The molecule has 0 saturated heterocycles. The van der Waals surface area contributed by atoms with Crippen LogP contribution in [0.3, 0.4) is 0 Å². The van der Waals surface area contributed by atoms with Crippen molar-refractivity contribution in [1.82, 2.24) is 0 Å². The Bertz CT molecular complexity index is 203. The summed E-state index contributed by atoms with van der Waals surface area (Å²) in [5, 5.41) is 7.57. The van der Waals surface area contributed by atoms with Crippen LogP contribution in [0, 0.1) is 11.5 Å². The molecule has 7 heteroatoms. The molecule has 0 saturated carbocycles. The first-order valence-electron chi connectivity index (χ1n) is 1.65. The number of hydrogen-bond donors (Lipinski definition) is 0. The lowest BCUT2D eigenvalue weighted by Crippen LogP contribution is -2.05. The van der Waals surface area contributed by atoms with E-state index in [1.165, 1.54) is 0 Å². The van der Waals surface area contributed by atoms with E-state index in [-0.39, 0.29) is 0 Å². The van der Waals surface area contributed by atoms with Crippen LogP contribution in [-0.2, 0) is 18.8 Å². The summed E-state index contributed by atoms with van der Waals surface area (Å²) < 4.78 is 37.5. The quantitative estimate of drug-likeness (QED) is 0.521. The Morgan fingerprint density at radius 3 is 2.56 bits per heavy atom. The molecule has 0 bridgehead atoms. The molecule has 0 radical (unpaired) electrons. The number of rotatable bonds is 3. The van der Waals surface area contributed by atoms with Gasteiger partial charge in [0.05, 0.1) is 0 Å². The highest BCUT2D eigenvalue weighted by Crippen LogP contribution is 1.92. The van der Waals surface area contributed by atoms with Crippen LogP contribution in [0.2, 0.25) is 0 Å². The largest absolute Gasteiger partial charge is 0.461 e. The van der Waals surface area contributed by atoms with Crippen LogP contribution >= 0.6 is 0 Å². The van der Waals surface area contributed by atoms with Gasteiger partial charge in [-0.15, -0.1) is 5.26 Å². The van der Waals surface area contributed by atoms with Crippen molar-refractivity contribution in [3.05, 3.63) is 0 Å². The fraction of sp³-hybridized carbons (Fsp3) is 0.500. The Labute approximate surface area is 50.9 Å². The highest BCUT2D eigenvalue weighted by molar-refractivity contribution is 7.82. The summed E-state index contributed by atoms with van der Waals surface area (Å²) >= 11 is 0. The fourth-order valence-electron chi connectivity index (χ4n) is 0.124. The lowest BCUT2D eigenvalue weighted by Gasteiger charge is -1.92. The van der Waals surface area contributed by atoms with Crippen molar-refractivity contribution in [3.63, 3.8) is 0 Å². The van der Waals surface area contributed by atoms with Crippen molar-refractivity contribution in [2.45, 2.75) is 0 Å². The molecule has 0 fully saturated rings. The van der Waals surface area contributed by atoms with Gasteiger partial charge in [-0.1, -0.05) is 0 Å². The maximum atomic E-state index is 11.0. The molecule has 0 heterocycles. The van der Waals surface area contributed by atoms with E-state index in [1.807, 2.05) is 0 Å². The number of nitriles is 1. The second kappa shape index (κ2) is 3.21. The van der Waals surface area contributed by atoms with Crippen LogP contribution in [0.5, 0.6) is 0 Å². The van der Waals surface area contributed by atoms with Gasteiger partial charge in [0.25, 0.3) is 0 Å². The molecule has 9 heavy (non-hydrogen) atoms. The van der Waals surface area contributed by atoms with Gasteiger partial charge >= 0.3 is 16.7 Å². The molecule has 0 aliphatic carbocycles. The van der Waals surface area contributed by atoms with E-state index in [9.17, 15) is 12.8 Å². The fourth-order valence-corrected chi connectivity index (χ4v) is 0.373. The van der Waals surface area contributed by atoms with Gasteiger partial charge in [-0.25, -0.2) is 8.57 Å². The van der Waals surface area contributed by atoms with Crippen LogP contribution in [0.25, 0.3) is 0 Å². The molecule has 0 aliphatic heterocycles. The lowest BCUT2D eigenvalue weighted by molar-refractivity contribution is 0.173. The average Bonchev–Trinajstić information content (AvgIpc) is 1.64. The van der Waals surface area contributed by atoms with Crippen LogP contribution in [0.1, 0.15) is 0 Å². The molecule has 0 aromatic heterocycles. The van der Waals surface area contributed by atoms with E-state index in [0.29, 0.717) is 0 Å². The third-order valence-electron chi connectivity index (χ3n) is 0.328. The number of alkyl halides is 1. The van der Waals surface area contributed by atoms with E-state index < -0.39 is 17.3 Å². The Morgan fingerprint density at radius 1 is 1.67 bits per heavy atom. The zero-order chi connectivity index (χ0) is 7.33. The van der Waals surface area contributed by atoms with Crippen molar-refractivity contribution in [2.24, 2.45) is 0 Å². The molecule has 0 N–H and O–H groups in total. The molecule has 0 atom stereocenters. The first kappa shape index (κ1) is 8.13. The first-order valence-corrected chi connectivity index (χ1v) is 2.98. The minimum Gasteiger partial charge on any atom is -0.281 e. The molecule has 0 rings (SSSR count). The summed E-state index contributed by atoms with van der Waals surface area (Å²) in [4.78, 5) is 0. The SMILES string of the molecule is N#COS(=O)(=O)OCF. The van der Waals surface area contributed by atoms with Gasteiger partial charge in [0.1, 0.15) is 0 Å². The zero-order valence-corrected chi connectivity index (χ0v) is 4.89. The smallest absolute Gasteiger partial charge is 0.281 e. The van der Waals surface area contributed by atoms with Gasteiger partial charge in [0.15, 0.2) is 0 Å². The summed E-state index contributed by atoms with van der Waals surface area (Å²) in [5.41, 5.74) is 0. The molecule has 5 nitrogen and oxygen atoms in total. The minimum absolute atomic E-state index is 0.813. The Morgan fingerprint density at radius 2 is 2.22 bits per heavy atom. The second-order valence-electron chi connectivity index (χ2n) is 0.810. The number of nitrogens with zero attached hydrogens (tertiary/aromatic N) is 1. The van der Waals surface area contributed by atoms with E-state index >= 15 is 0 Å². The second-order valence-corrected chi connectivity index (χ2v) is 2.03. The molecule has 0 spiro atoms. The van der Waals surface area contributed by atoms with E-state index in [1.54, 1.807) is 0 Å². The Kier molecular flexibility index (Phi) is 2.90. The van der Waals surface area contributed by atoms with Crippen molar-refractivity contribution in [1.29, 1.82) is 5.26 Å². The van der Waals surface area contributed by atoms with Gasteiger partial charge in [0, 0.05) is 0 Å². The molecular formula is C2H2FNO4S. The van der Waals surface area contributed by atoms with Gasteiger partial charge in [-0.05, 0) is 0 Å². The first-order chi connectivity index (χ1) is 4.12. The van der Waals surface area contributed by atoms with E-state index in [4.69, 9.17) is 5.26 Å². The standard InChI is InChI=1S/C2H2FNO4S/c3-1-7-9(5,6)8-2-4/h1H2. The normalized spacial score (nSPS) is 10.2. The van der Waals surface area contributed by atoms with Crippen LogP contribution < -0.4 is 0 Å². The lowest BCUT2D eigenvalue weighted by atomic mass is 11.6. The maximum absolute atomic E-state index is 11.0. The van der Waals surface area contributed by atoms with E-state index in [0.717, 1.165) is 6.26 Å². The monoisotopic (exact) mass is 155 g/mol. The van der Waals surface area contributed by atoms with Crippen molar-refractivity contribution < 1.29 is 21.2 Å². The van der Waals surface area contributed by atoms with Crippen LogP contribution in [0.15, 0.2) is 0 Å². The summed E-state index contributed by atoms with van der Waals surface area (Å²) in [6.45, 7) is -1.54. The predicted molar refractivity (Wildman–Crippen MR) is 22.7 cm³/mol. The Hall–Kier alpha value is -0.870. The van der Waals surface area contributed by atoms with Gasteiger partial charge < -0.3 is 0 Å². The maximum Gasteiger partial charge on any atom is 0.461 e. The third-order valence-corrected chi connectivity index (χ3v) is 0.985. The predicted octanol–water partition coefficient (Wildman–Crippen LogP) is -0.328. The highest BCUT2D eigenvalue weighted by atomic mass is 32.3. The van der Waals surface area contributed by atoms with Gasteiger partial charge in [-0.2, -0.15) is 8.42 Å².